The van der Waals surface area contributed by atoms with Gasteiger partial charge in [0.05, 0.1) is 5.44 Å². The molecule has 2 aromatic carbocycles. The number of piperidine rings is 1. The number of carbonyl (C=O) groups is 4. The lowest BCUT2D eigenvalue weighted by Gasteiger charge is -2.44. The number of halogens is 3. The van der Waals surface area contributed by atoms with Gasteiger partial charge in [-0.05, 0) is 35.1 Å². The Morgan fingerprint density at radius 1 is 1.20 bits per heavy atom. The summed E-state index contributed by atoms with van der Waals surface area (Å²) < 4.78 is 29.5. The molecule has 0 aliphatic carbocycles. The van der Waals surface area contributed by atoms with Crippen LogP contribution in [-0.2, 0) is 33.4 Å². The van der Waals surface area contributed by atoms with Crippen LogP contribution in [0.2, 0.25) is 10.8 Å². The minimum absolute atomic E-state index is 0.105. The molecular formula is C22H21B3ClF2N3O4. The highest BCUT2D eigenvalue weighted by Gasteiger charge is 2.52. The number of fused-ring (bicyclic) bond motifs is 1. The molecule has 2 aliphatic heterocycles. The van der Waals surface area contributed by atoms with Crippen LogP contribution in [-0.4, -0.2) is 62.5 Å². The molecule has 0 saturated carbocycles. The fourth-order valence-electron chi connectivity index (χ4n) is 4.61. The van der Waals surface area contributed by atoms with Crippen LogP contribution in [0.15, 0.2) is 42.5 Å². The van der Waals surface area contributed by atoms with Crippen molar-refractivity contribution >= 4 is 58.9 Å². The fourth-order valence-corrected chi connectivity index (χ4v) is 4.74. The van der Waals surface area contributed by atoms with E-state index in [9.17, 15) is 28.0 Å². The molecule has 35 heavy (non-hydrogen) atoms. The third-order valence-electron chi connectivity index (χ3n) is 6.94. The molecule has 0 aromatic heterocycles. The molecule has 1 fully saturated rings. The molecule has 4 amide bonds. The lowest BCUT2D eigenvalue weighted by molar-refractivity contribution is -0.154. The largest absolute Gasteiger partial charge is 0.384 e. The van der Waals surface area contributed by atoms with Gasteiger partial charge in [-0.2, -0.15) is 8.78 Å². The van der Waals surface area contributed by atoms with Crippen molar-refractivity contribution in [1.82, 2.24) is 15.0 Å². The predicted octanol–water partition coefficient (Wildman–Crippen LogP) is -0.238. The van der Waals surface area contributed by atoms with E-state index in [-0.39, 0.29) is 42.2 Å². The van der Waals surface area contributed by atoms with Crippen LogP contribution >= 0.6 is 11.6 Å². The van der Waals surface area contributed by atoms with Gasteiger partial charge in [-0.25, -0.2) is 0 Å². The second kappa shape index (κ2) is 8.82. The summed E-state index contributed by atoms with van der Waals surface area (Å²) >= 11 is 5.75. The zero-order valence-electron chi connectivity index (χ0n) is 19.4. The van der Waals surface area contributed by atoms with Crippen LogP contribution in [0.5, 0.6) is 0 Å². The Hall–Kier alpha value is -3.14. The van der Waals surface area contributed by atoms with Crippen LogP contribution in [0.4, 0.5) is 8.78 Å². The van der Waals surface area contributed by atoms with Crippen LogP contribution in [0.3, 0.4) is 0 Å². The molecule has 2 aliphatic rings. The number of alkyl halides is 2. The van der Waals surface area contributed by atoms with Gasteiger partial charge in [0.15, 0.2) is 0 Å². The maximum absolute atomic E-state index is 14.8. The van der Waals surface area contributed by atoms with Gasteiger partial charge in [0.1, 0.15) is 15.7 Å². The first-order valence-electron chi connectivity index (χ1n) is 11.0. The Balaban J connectivity index is 1.52. The van der Waals surface area contributed by atoms with E-state index in [1.54, 1.807) is 33.9 Å². The molecule has 0 bridgehead atoms. The summed E-state index contributed by atoms with van der Waals surface area (Å²) in [5.74, 6) is -6.75. The van der Waals surface area contributed by atoms with Gasteiger partial charge >= 0.3 is 5.92 Å². The number of imide groups is 1. The topological polar surface area (TPSA) is 86.8 Å². The Morgan fingerprint density at radius 3 is 2.49 bits per heavy atom. The SMILES string of the molecule is BC1CC(=O)NC(=O)[C@@]1(B)N1Cc2cc(CN(B)C(=O)C(F)(F)c3ccc(Cl)cc3)ccc2C1=O. The van der Waals surface area contributed by atoms with Crippen molar-refractivity contribution in [2.75, 3.05) is 0 Å². The van der Waals surface area contributed by atoms with Crippen molar-refractivity contribution in [2.24, 2.45) is 0 Å². The summed E-state index contributed by atoms with van der Waals surface area (Å²) in [7, 11) is 4.66. The number of rotatable bonds is 5. The molecule has 2 aromatic rings. The molecule has 2 heterocycles. The molecule has 0 radical (unpaired) electrons. The number of nitrogens with one attached hydrogen (secondary N) is 1. The lowest BCUT2D eigenvalue weighted by Crippen LogP contribution is -2.66. The first kappa shape index (κ1) is 25.0. The molecule has 1 saturated heterocycles. The van der Waals surface area contributed by atoms with E-state index in [0.29, 0.717) is 16.7 Å². The van der Waals surface area contributed by atoms with Gasteiger partial charge in [-0.1, -0.05) is 35.9 Å². The van der Waals surface area contributed by atoms with Gasteiger partial charge in [-0.3, -0.25) is 24.5 Å². The molecule has 4 rings (SSSR count). The van der Waals surface area contributed by atoms with Gasteiger partial charge in [-0.15, -0.1) is 0 Å². The third kappa shape index (κ3) is 4.24. The Morgan fingerprint density at radius 2 is 1.86 bits per heavy atom. The van der Waals surface area contributed by atoms with E-state index >= 15 is 0 Å². The Labute approximate surface area is 208 Å². The first-order chi connectivity index (χ1) is 16.4. The molecule has 178 valence electrons. The van der Waals surface area contributed by atoms with Crippen LogP contribution in [0.25, 0.3) is 0 Å². The van der Waals surface area contributed by atoms with Crippen LogP contribution in [0, 0.1) is 0 Å². The van der Waals surface area contributed by atoms with Crippen molar-refractivity contribution in [1.29, 1.82) is 0 Å². The Kier molecular flexibility index (Phi) is 6.29. The van der Waals surface area contributed by atoms with Crippen molar-refractivity contribution in [3.05, 3.63) is 69.7 Å². The molecule has 13 heteroatoms. The maximum Gasteiger partial charge on any atom is 0.348 e. The van der Waals surface area contributed by atoms with E-state index in [1.165, 1.54) is 25.0 Å². The number of amides is 4. The number of hydrogen-bond donors (Lipinski definition) is 1. The minimum Gasteiger partial charge on any atom is -0.384 e. The second-order valence-corrected chi connectivity index (χ2v) is 9.69. The molecule has 1 N–H and O–H groups in total. The lowest BCUT2D eigenvalue weighted by atomic mass is 9.56. The first-order valence-corrected chi connectivity index (χ1v) is 11.4. The molecular weight excluding hydrogens is 476 g/mol. The summed E-state index contributed by atoms with van der Waals surface area (Å²) in [6.45, 7) is 0.0230. The van der Waals surface area contributed by atoms with E-state index in [4.69, 9.17) is 11.6 Å². The highest BCUT2D eigenvalue weighted by atomic mass is 35.5. The summed E-state index contributed by atoms with van der Waals surface area (Å²) in [4.78, 5) is 52.5. The van der Waals surface area contributed by atoms with Crippen molar-refractivity contribution in [3.63, 3.8) is 0 Å². The average molecular weight is 497 g/mol. The van der Waals surface area contributed by atoms with Crippen molar-refractivity contribution < 1.29 is 28.0 Å². The number of benzene rings is 2. The average Bonchev–Trinajstić information content (AvgIpc) is 3.13. The minimum atomic E-state index is -3.74. The summed E-state index contributed by atoms with van der Waals surface area (Å²) in [6, 6.07) is 9.66. The summed E-state index contributed by atoms with van der Waals surface area (Å²) in [6.07, 6.45) is 0.113. The smallest absolute Gasteiger partial charge is 0.348 e. The van der Waals surface area contributed by atoms with E-state index in [0.717, 1.165) is 16.9 Å². The molecule has 7 nitrogen and oxygen atoms in total. The van der Waals surface area contributed by atoms with Gasteiger partial charge in [0.25, 0.3) is 11.8 Å². The number of hydrogen-bond acceptors (Lipinski definition) is 4. The van der Waals surface area contributed by atoms with Crippen molar-refractivity contribution in [2.45, 2.75) is 36.7 Å². The van der Waals surface area contributed by atoms with E-state index in [1.807, 2.05) is 0 Å². The standard InChI is InChI=1S/C22H21B3ClF2N3O4/c23-16-8-17(32)29-19(34)21(16,24)30-10-12-7-11(1-6-15(12)18(30)33)9-31(25)20(35)22(27,28)13-2-4-14(26)5-3-13/h1-7,16H,8-10,23-25H2,(H,29,32,34)/t16?,21-/m0/s1. The zero-order valence-corrected chi connectivity index (χ0v) is 20.2. The number of nitrogens with zero attached hydrogens (tertiary/aromatic N) is 2. The molecule has 0 spiro atoms. The quantitative estimate of drug-likeness (QED) is 0.457. The highest BCUT2D eigenvalue weighted by molar-refractivity contribution is 6.38. The van der Waals surface area contributed by atoms with Crippen molar-refractivity contribution in [3.8, 4) is 0 Å². The third-order valence-corrected chi connectivity index (χ3v) is 7.19. The fraction of sp³-hybridized carbons (Fsp3) is 0.273. The van der Waals surface area contributed by atoms with Crippen LogP contribution < -0.4 is 5.32 Å². The summed E-state index contributed by atoms with van der Waals surface area (Å²) in [5.41, 5.74) is -0.0936. The maximum atomic E-state index is 14.8. The Bertz CT molecular complexity index is 1250. The van der Waals surface area contributed by atoms with E-state index in [2.05, 4.69) is 5.32 Å². The number of carbonyl (C=O) groups excluding carboxylic acids is 4. The van der Waals surface area contributed by atoms with E-state index < -0.39 is 28.7 Å². The van der Waals surface area contributed by atoms with Gasteiger partial charge in [0.2, 0.25) is 19.8 Å². The van der Waals surface area contributed by atoms with Gasteiger partial charge in [0, 0.05) is 35.7 Å². The highest BCUT2D eigenvalue weighted by Crippen LogP contribution is 2.38. The zero-order chi connectivity index (χ0) is 25.7. The normalized spacial score (nSPS) is 22.1. The van der Waals surface area contributed by atoms with Crippen LogP contribution in [0.1, 0.15) is 33.5 Å². The second-order valence-electron chi connectivity index (χ2n) is 9.26. The predicted molar refractivity (Wildman–Crippen MR) is 132 cm³/mol. The summed E-state index contributed by atoms with van der Waals surface area (Å²) in [5, 5.41) is 2.60. The monoisotopic (exact) mass is 497 g/mol. The molecule has 2 atom stereocenters. The van der Waals surface area contributed by atoms with Gasteiger partial charge < -0.3 is 9.71 Å². The molecule has 1 unspecified atom stereocenters.